The second kappa shape index (κ2) is 5.57. The first-order chi connectivity index (χ1) is 10.1. The zero-order valence-electron chi connectivity index (χ0n) is 12.0. The van der Waals surface area contributed by atoms with Crippen molar-refractivity contribution in [1.82, 2.24) is 14.8 Å². The van der Waals surface area contributed by atoms with Crippen molar-refractivity contribution >= 4 is 11.8 Å². The number of nitrogens with two attached hydrogens (primary N) is 1. The quantitative estimate of drug-likeness (QED) is 0.883. The molecule has 1 heterocycles. The van der Waals surface area contributed by atoms with Crippen molar-refractivity contribution in [2.75, 3.05) is 7.11 Å². The van der Waals surface area contributed by atoms with Gasteiger partial charge in [0, 0.05) is 22.5 Å². The monoisotopic (exact) mass is 306 g/mol. The summed E-state index contributed by atoms with van der Waals surface area (Å²) in [5.74, 6) is 0.755. The number of hydrogen-bond acceptors (Lipinski definition) is 5. The topological polar surface area (TPSA) is 85.9 Å². The van der Waals surface area contributed by atoms with Crippen LogP contribution in [-0.4, -0.2) is 21.9 Å². The molecule has 1 aliphatic rings. The van der Waals surface area contributed by atoms with Crippen LogP contribution in [0.2, 0.25) is 0 Å². The van der Waals surface area contributed by atoms with E-state index in [0.717, 1.165) is 29.1 Å². The summed E-state index contributed by atoms with van der Waals surface area (Å²) in [7, 11) is 1.63. The molecule has 3 N–H and O–H groups in total. The molecule has 2 aromatic rings. The van der Waals surface area contributed by atoms with Gasteiger partial charge in [-0.25, -0.2) is 9.89 Å². The predicted molar refractivity (Wildman–Crippen MR) is 80.8 cm³/mol. The van der Waals surface area contributed by atoms with Crippen molar-refractivity contribution in [3.63, 3.8) is 0 Å². The van der Waals surface area contributed by atoms with Crippen LogP contribution in [0.5, 0.6) is 5.75 Å². The van der Waals surface area contributed by atoms with Crippen LogP contribution in [0.15, 0.2) is 33.0 Å². The summed E-state index contributed by atoms with van der Waals surface area (Å²) in [5, 5.41) is 7.34. The van der Waals surface area contributed by atoms with Crippen LogP contribution in [0.3, 0.4) is 0 Å². The van der Waals surface area contributed by atoms with Crippen LogP contribution >= 0.6 is 11.8 Å². The van der Waals surface area contributed by atoms with Gasteiger partial charge in [-0.3, -0.25) is 4.57 Å². The van der Waals surface area contributed by atoms with Crippen LogP contribution in [0.25, 0.3) is 0 Å². The minimum Gasteiger partial charge on any atom is -0.496 e. The van der Waals surface area contributed by atoms with E-state index in [9.17, 15) is 4.79 Å². The molecule has 112 valence electrons. The maximum absolute atomic E-state index is 11.8. The molecule has 1 aromatic carbocycles. The largest absolute Gasteiger partial charge is 0.496 e. The van der Waals surface area contributed by atoms with E-state index in [1.165, 1.54) is 11.8 Å². The van der Waals surface area contributed by atoms with Crippen LogP contribution in [0, 0.1) is 0 Å². The minimum absolute atomic E-state index is 0.148. The molecule has 0 amide bonds. The van der Waals surface area contributed by atoms with Crippen molar-refractivity contribution in [2.24, 2.45) is 5.73 Å². The van der Waals surface area contributed by atoms with Crippen molar-refractivity contribution < 1.29 is 4.74 Å². The number of aromatic nitrogens is 3. The summed E-state index contributed by atoms with van der Waals surface area (Å²) >= 11 is 1.45. The Labute approximate surface area is 126 Å². The standard InChI is InChI=1S/C14H18N4O2S/c1-8(15)12-10(20-2)4-3-5-11(12)21-14-17-16-13(19)18(14)9-6-7-9/h3-5,8-9H,6-7,15H2,1-2H3,(H,16,19)/t8-/m1/s1. The fourth-order valence-corrected chi connectivity index (χ4v) is 3.52. The third kappa shape index (κ3) is 2.71. The molecule has 1 aromatic heterocycles. The Morgan fingerprint density at radius 2 is 2.29 bits per heavy atom. The van der Waals surface area contributed by atoms with Gasteiger partial charge in [-0.05, 0) is 43.7 Å². The lowest BCUT2D eigenvalue weighted by molar-refractivity contribution is 0.405. The highest BCUT2D eigenvalue weighted by molar-refractivity contribution is 7.99. The van der Waals surface area contributed by atoms with E-state index >= 15 is 0 Å². The average Bonchev–Trinajstić information content (AvgIpc) is 3.23. The van der Waals surface area contributed by atoms with E-state index in [2.05, 4.69) is 10.2 Å². The molecule has 1 saturated carbocycles. The van der Waals surface area contributed by atoms with E-state index in [1.807, 2.05) is 25.1 Å². The number of nitrogens with one attached hydrogen (secondary N) is 1. The number of aromatic amines is 1. The smallest absolute Gasteiger partial charge is 0.344 e. The van der Waals surface area contributed by atoms with Gasteiger partial charge in [0.25, 0.3) is 0 Å². The van der Waals surface area contributed by atoms with E-state index in [0.29, 0.717) is 5.16 Å². The number of H-pyrrole nitrogens is 1. The van der Waals surface area contributed by atoms with E-state index in [1.54, 1.807) is 11.7 Å². The molecule has 7 heteroatoms. The highest BCUT2D eigenvalue weighted by Gasteiger charge is 2.29. The SMILES string of the molecule is COc1cccc(Sc2n[nH]c(=O)n2C2CC2)c1[C@@H](C)N. The first-order valence-electron chi connectivity index (χ1n) is 6.89. The van der Waals surface area contributed by atoms with Crippen LogP contribution in [-0.2, 0) is 0 Å². The maximum atomic E-state index is 11.8. The lowest BCUT2D eigenvalue weighted by atomic mass is 10.1. The van der Waals surface area contributed by atoms with Gasteiger partial charge in [0.15, 0.2) is 5.16 Å². The Hall–Kier alpha value is -1.73. The number of nitrogens with zero attached hydrogens (tertiary/aromatic N) is 2. The van der Waals surface area contributed by atoms with Gasteiger partial charge < -0.3 is 10.5 Å². The number of rotatable bonds is 5. The van der Waals surface area contributed by atoms with Crippen LogP contribution in [0.1, 0.15) is 37.4 Å². The summed E-state index contributed by atoms with van der Waals surface area (Å²) < 4.78 is 7.12. The maximum Gasteiger partial charge on any atom is 0.344 e. The van der Waals surface area contributed by atoms with Crippen molar-refractivity contribution in [3.8, 4) is 5.75 Å². The normalized spacial score (nSPS) is 16.0. The Morgan fingerprint density at radius 3 is 2.90 bits per heavy atom. The molecular weight excluding hydrogens is 288 g/mol. The molecule has 0 aliphatic heterocycles. The Kier molecular flexibility index (Phi) is 3.77. The summed E-state index contributed by atoms with van der Waals surface area (Å²) in [6.45, 7) is 1.92. The summed E-state index contributed by atoms with van der Waals surface area (Å²) in [6, 6.07) is 5.90. The molecular formula is C14H18N4O2S. The van der Waals surface area contributed by atoms with Gasteiger partial charge in [0.1, 0.15) is 5.75 Å². The molecule has 1 atom stereocenters. The number of benzene rings is 1. The Bertz CT molecular complexity index is 703. The second-order valence-corrected chi connectivity index (χ2v) is 6.18. The van der Waals surface area contributed by atoms with Crippen molar-refractivity contribution in [1.29, 1.82) is 0 Å². The van der Waals surface area contributed by atoms with Gasteiger partial charge in [-0.2, -0.15) is 0 Å². The van der Waals surface area contributed by atoms with E-state index < -0.39 is 0 Å². The molecule has 6 nitrogen and oxygen atoms in total. The summed E-state index contributed by atoms with van der Waals surface area (Å²) in [5.41, 5.74) is 6.86. The second-order valence-electron chi connectivity index (χ2n) is 5.18. The highest BCUT2D eigenvalue weighted by Crippen LogP contribution is 2.40. The van der Waals surface area contributed by atoms with Gasteiger partial charge in [0.2, 0.25) is 0 Å². The molecule has 0 unspecified atom stereocenters. The molecule has 0 bridgehead atoms. The summed E-state index contributed by atoms with van der Waals surface area (Å²) in [4.78, 5) is 12.8. The van der Waals surface area contributed by atoms with Gasteiger partial charge in [-0.15, -0.1) is 5.10 Å². The summed E-state index contributed by atoms with van der Waals surface area (Å²) in [6.07, 6.45) is 2.07. The van der Waals surface area contributed by atoms with E-state index in [-0.39, 0.29) is 17.8 Å². The lowest BCUT2D eigenvalue weighted by Crippen LogP contribution is -2.16. The van der Waals surface area contributed by atoms with E-state index in [4.69, 9.17) is 10.5 Å². The lowest BCUT2D eigenvalue weighted by Gasteiger charge is -2.16. The average molecular weight is 306 g/mol. The van der Waals surface area contributed by atoms with Crippen LogP contribution < -0.4 is 16.2 Å². The molecule has 3 rings (SSSR count). The number of ether oxygens (including phenoxy) is 1. The van der Waals surface area contributed by atoms with Crippen molar-refractivity contribution in [2.45, 2.75) is 41.9 Å². The number of methoxy groups -OCH3 is 1. The molecule has 21 heavy (non-hydrogen) atoms. The first kappa shape index (κ1) is 14.2. The third-order valence-corrected chi connectivity index (χ3v) is 4.53. The highest BCUT2D eigenvalue weighted by atomic mass is 32.2. The molecule has 1 fully saturated rings. The van der Waals surface area contributed by atoms with Crippen LogP contribution in [0.4, 0.5) is 0 Å². The van der Waals surface area contributed by atoms with Crippen molar-refractivity contribution in [3.05, 3.63) is 34.2 Å². The Balaban J connectivity index is 2.00. The first-order valence-corrected chi connectivity index (χ1v) is 7.70. The minimum atomic E-state index is -0.163. The molecule has 1 aliphatic carbocycles. The van der Waals surface area contributed by atoms with Gasteiger partial charge >= 0.3 is 5.69 Å². The van der Waals surface area contributed by atoms with Gasteiger partial charge in [-0.1, -0.05) is 6.07 Å². The molecule has 0 spiro atoms. The molecule has 0 radical (unpaired) electrons. The fourth-order valence-electron chi connectivity index (χ4n) is 2.36. The number of hydrogen-bond donors (Lipinski definition) is 2. The zero-order chi connectivity index (χ0) is 15.0. The molecule has 0 saturated heterocycles. The Morgan fingerprint density at radius 1 is 1.52 bits per heavy atom. The van der Waals surface area contributed by atoms with Gasteiger partial charge in [0.05, 0.1) is 7.11 Å². The zero-order valence-corrected chi connectivity index (χ0v) is 12.8. The predicted octanol–water partition coefficient (Wildman–Crippen LogP) is 2.09. The third-order valence-electron chi connectivity index (χ3n) is 3.49. The fraction of sp³-hybridized carbons (Fsp3) is 0.429.